The summed E-state index contributed by atoms with van der Waals surface area (Å²) in [5.74, 6) is -0.828. The van der Waals surface area contributed by atoms with E-state index in [9.17, 15) is 63.3 Å². The fraction of sp³-hybridized carbons (Fsp3) is 0.459. The largest absolute Gasteiger partial charge is 0.394 e. The van der Waals surface area contributed by atoms with Crippen LogP contribution in [0.2, 0.25) is 0 Å². The van der Waals surface area contributed by atoms with Gasteiger partial charge in [0.25, 0.3) is 17.7 Å². The van der Waals surface area contributed by atoms with Gasteiger partial charge in [0.15, 0.2) is 0 Å². The van der Waals surface area contributed by atoms with Crippen LogP contribution in [0, 0.1) is 103 Å². The van der Waals surface area contributed by atoms with Gasteiger partial charge in [-0.3, -0.25) is 19.7 Å². The van der Waals surface area contributed by atoms with Crippen LogP contribution in [0.3, 0.4) is 0 Å². The minimum atomic E-state index is -1.65. The fourth-order valence-corrected chi connectivity index (χ4v) is 31.1. The van der Waals surface area contributed by atoms with Crippen LogP contribution in [0.5, 0.6) is 0 Å². The van der Waals surface area contributed by atoms with Gasteiger partial charge in [-0.2, -0.15) is 15.3 Å². The van der Waals surface area contributed by atoms with Gasteiger partial charge < -0.3 is 50.9 Å². The van der Waals surface area contributed by atoms with Crippen molar-refractivity contribution < 1.29 is 63.3 Å². The monoisotopic (exact) mass is 1870 g/mol. The normalized spacial score (nSPS) is 33.7. The van der Waals surface area contributed by atoms with Crippen LogP contribution in [0.25, 0.3) is 67.3 Å². The number of carbonyl (C=O) groups excluding carboxylic acids is 3. The van der Waals surface area contributed by atoms with Gasteiger partial charge in [-0.1, -0.05) is 125 Å². The number of aliphatic hydroxyl groups excluding tert-OH is 4. The Morgan fingerprint density at radius 2 is 0.869 bits per heavy atom. The summed E-state index contributed by atoms with van der Waals surface area (Å²) in [5, 5.41) is 109. The summed E-state index contributed by atoms with van der Waals surface area (Å²) < 4.78 is 49.4. The number of rotatable bonds is 13. The molecule has 16 unspecified atom stereocenters. The second-order valence-corrected chi connectivity index (χ2v) is 44.8. The molecule has 0 aliphatic heterocycles. The molecule has 9 saturated carbocycles. The molecule has 3 amide bonds. The standard InChI is InChI=1S/C40H44FN3O4.C36H39FN4O3S.C35H38FN5O3/c1-38-20-27-22-42-44(31-12-10-29(41)11-13-31)34(27)19-28(38)9-14-32-33-15-16-40(48,39(33,2)21-35(46)36(32)38)37(47)43-30(23-45)18-24-7-8-25-5-3-4-6-26(25)17-24;1-20(32-40-27-6-4-5-7-30(27)45-32)39-33(43)36(44)15-14-26-25-13-8-22-16-28-21(19-38-41(28)24-11-9-23(37)10-12-24)17-34(22,2)31(25)29(42)18-35(26,36)3;1-33-17-20-19-37-41(23-11-9-22(36)10-12-23)28(20)16-21(33)8-13-24-25-14-15-35(44,34(25,2)18-29(42)30(24)33)31(43)39-32-38-26-6-4-5-7-27(26)40(32)3/h3-8,10-13,17,19,22,30,32-33,35-36,45-46,48H,9,14-16,18,20-21,23H2,1-2H3,(H,43,47);4-7,9-12,16,19-20,25-26,29,31,42,44H,8,13-15,17-18H2,1-3H3,(H,39,43);4-7,9-12,16,19,24-25,29-30,42,44H,8,13-15,17-18H2,1-3H3,(H,38,39,43)/t30-,32?,33?,35+,36?,38?,39?,40+;20?,25?,26?,29-,31?,34?,35?,36-;24?,25?,29-,30?,33?,34?,35-/m100/s1. The molecule has 0 radical (unpaired) electrons. The molecular weight excluding hydrogens is 1750 g/mol. The van der Waals surface area contributed by atoms with E-state index in [-0.39, 0.29) is 106 Å². The maximum atomic E-state index is 14.0. The van der Waals surface area contributed by atoms with Gasteiger partial charge in [-0.15, -0.1) is 11.3 Å². The second kappa shape index (κ2) is 33.3. The average molecular weight is 1870 g/mol. The zero-order valence-corrected chi connectivity index (χ0v) is 79.5. The highest BCUT2D eigenvalue weighted by molar-refractivity contribution is 7.18. The first-order chi connectivity index (χ1) is 65.6. The summed E-state index contributed by atoms with van der Waals surface area (Å²) in [7, 11) is 1.86. The first-order valence-electron chi connectivity index (χ1n) is 49.2. The summed E-state index contributed by atoms with van der Waals surface area (Å²) in [4.78, 5) is 51.2. The number of amides is 3. The van der Waals surface area contributed by atoms with Gasteiger partial charge in [-0.25, -0.2) is 37.2 Å². The van der Waals surface area contributed by atoms with Crippen LogP contribution in [0.15, 0.2) is 199 Å². The SMILES string of the molecule is CC(NC(=O)[C@@]1(O)CCC2C3CCC4=Cc5c(cnn5-c5ccc(F)cc5)CC4(C)C3[C@@H](O)CC21C)c1nc2ccccc2s1.CC12Cc3cnn(-c4ccc(F)cc4)c3C=C1CCC1C2[C@@H](O)CC2(C)C1CC[C@]2(O)C(=O)N[C@@H](CO)Cc1ccc2ccccc2c1.Cn1c(NC(=O)[C@@]2(O)CCC3C4CCC5=Cc6c(cnn6-c6ccc(F)cc6)CC5(C)C4[C@@H](O)CC32C)nc2ccccc21. The molecule has 5 aromatic heterocycles. The molecule has 24 rings (SSSR count). The van der Waals surface area contributed by atoms with E-state index in [0.717, 1.165) is 164 Å². The number of thiazole rings is 1. The van der Waals surface area contributed by atoms with Crippen LogP contribution < -0.4 is 16.0 Å². The molecule has 12 aliphatic rings. The van der Waals surface area contributed by atoms with E-state index in [1.807, 2.05) is 151 Å². The van der Waals surface area contributed by atoms with Crippen LogP contribution in [-0.4, -0.2) is 145 Å². The predicted octanol–water partition coefficient (Wildman–Crippen LogP) is 17.6. The number of aliphatic hydroxyl groups is 7. The van der Waals surface area contributed by atoms with Crippen LogP contribution in [0.4, 0.5) is 19.1 Å². The number of benzene rings is 7. The number of aromatic nitrogens is 9. The Balaban J connectivity index is 0.000000119. The molecule has 10 N–H and O–H groups in total. The second-order valence-electron chi connectivity index (χ2n) is 43.8. The predicted molar refractivity (Wildman–Crippen MR) is 520 cm³/mol. The zero-order valence-electron chi connectivity index (χ0n) is 78.7. The number of fused-ring (bicyclic) bond motifs is 21. The Kier molecular flexibility index (Phi) is 22.1. The lowest BCUT2D eigenvalue weighted by molar-refractivity contribution is -0.182. The number of hydrogen-bond acceptors (Lipinski definition) is 16. The molecule has 9 fully saturated rings. The molecule has 12 aliphatic carbocycles. The Morgan fingerprint density at radius 3 is 1.29 bits per heavy atom. The molecule has 0 saturated heterocycles. The first kappa shape index (κ1) is 91.0. The topological polar surface area (TPSA) is 313 Å². The average Bonchev–Trinajstić information content (AvgIpc) is 1.62. The van der Waals surface area contributed by atoms with Crippen molar-refractivity contribution in [3.8, 4) is 17.1 Å². The van der Waals surface area contributed by atoms with Crippen molar-refractivity contribution >= 4 is 85.3 Å². The van der Waals surface area contributed by atoms with Crippen molar-refractivity contribution in [1.29, 1.82) is 0 Å². The molecule has 712 valence electrons. The van der Waals surface area contributed by atoms with Crippen molar-refractivity contribution in [2.75, 3.05) is 11.9 Å². The number of anilines is 1. The third-order valence-corrected chi connectivity index (χ3v) is 38.2. The van der Waals surface area contributed by atoms with Gasteiger partial charge in [-0.05, 0) is 347 Å². The summed E-state index contributed by atoms with van der Waals surface area (Å²) in [6.45, 7) is 14.6. The van der Waals surface area contributed by atoms with Crippen LogP contribution in [0.1, 0.15) is 195 Å². The number of halogens is 3. The van der Waals surface area contributed by atoms with Gasteiger partial charge in [0.05, 0.1) is 111 Å². The van der Waals surface area contributed by atoms with Crippen molar-refractivity contribution in [3.05, 3.63) is 261 Å². The Morgan fingerprint density at radius 1 is 0.474 bits per heavy atom. The van der Waals surface area contributed by atoms with E-state index in [0.29, 0.717) is 57.3 Å². The molecule has 137 heavy (non-hydrogen) atoms. The third kappa shape index (κ3) is 14.3. The lowest BCUT2D eigenvalue weighted by Gasteiger charge is -2.60. The highest BCUT2D eigenvalue weighted by atomic mass is 32.1. The van der Waals surface area contributed by atoms with Gasteiger partial charge in [0.1, 0.15) is 39.3 Å². The number of aryl methyl sites for hydroxylation is 1. The van der Waals surface area contributed by atoms with Gasteiger partial charge in [0, 0.05) is 23.3 Å². The highest BCUT2D eigenvalue weighted by Crippen LogP contribution is 2.72. The molecule has 0 spiro atoms. The number of hydrogen-bond donors (Lipinski definition) is 10. The van der Waals surface area contributed by atoms with Crippen molar-refractivity contribution in [2.24, 2.45) is 92.8 Å². The summed E-state index contributed by atoms with van der Waals surface area (Å²) >= 11 is 1.56. The lowest BCUT2D eigenvalue weighted by atomic mass is 9.45. The van der Waals surface area contributed by atoms with Crippen molar-refractivity contribution in [3.63, 3.8) is 0 Å². The smallest absolute Gasteiger partial charge is 0.259 e. The molecular formula is C111H121F3N12O10S. The number of carbonyl (C=O) groups is 3. The Bertz CT molecular complexity index is 6870. The van der Waals surface area contributed by atoms with Crippen molar-refractivity contribution in [1.82, 2.24) is 54.5 Å². The molecule has 26 heteroatoms. The minimum absolute atomic E-state index is 0.00754. The molecule has 5 heterocycles. The van der Waals surface area contributed by atoms with Crippen LogP contribution >= 0.6 is 11.3 Å². The maximum Gasteiger partial charge on any atom is 0.259 e. The lowest BCUT2D eigenvalue weighted by Crippen LogP contribution is -2.64. The van der Waals surface area contributed by atoms with Gasteiger partial charge >= 0.3 is 0 Å². The molecule has 7 aromatic carbocycles. The van der Waals surface area contributed by atoms with E-state index in [1.165, 1.54) is 53.1 Å². The van der Waals surface area contributed by atoms with Crippen molar-refractivity contribution in [2.45, 2.75) is 218 Å². The summed E-state index contributed by atoms with van der Waals surface area (Å²) in [6.07, 6.45) is 22.8. The maximum absolute atomic E-state index is 14.0. The molecule has 0 bridgehead atoms. The zero-order chi connectivity index (χ0) is 95.3. The van der Waals surface area contributed by atoms with E-state index in [2.05, 4.69) is 87.4 Å². The number of para-hydroxylation sites is 3. The number of imidazole rings is 1. The van der Waals surface area contributed by atoms with Crippen LogP contribution in [-0.2, 0) is 47.1 Å². The van der Waals surface area contributed by atoms with E-state index in [4.69, 9.17) is 4.98 Å². The first-order valence-corrected chi connectivity index (χ1v) is 50.0. The molecule has 12 aromatic rings. The number of nitrogens with one attached hydrogen (secondary N) is 3. The summed E-state index contributed by atoms with van der Waals surface area (Å²) in [5.41, 5.74) is 8.44. The number of allylic oxidation sites excluding steroid dienone is 3. The van der Waals surface area contributed by atoms with E-state index >= 15 is 0 Å². The Hall–Kier alpha value is -11.1. The minimum Gasteiger partial charge on any atom is -0.394 e. The van der Waals surface area contributed by atoms with Gasteiger partial charge in [0.2, 0.25) is 5.95 Å². The summed E-state index contributed by atoms with van der Waals surface area (Å²) in [6, 6.07) is 48.1. The van der Waals surface area contributed by atoms with E-state index < -0.39 is 69.2 Å². The highest BCUT2D eigenvalue weighted by Gasteiger charge is 2.73. The Labute approximate surface area is 798 Å². The molecule has 22 nitrogen and oxygen atoms in total. The fourth-order valence-electron chi connectivity index (χ4n) is 30.1. The third-order valence-electron chi connectivity index (χ3n) is 37.0. The molecule has 23 atom stereocenters. The number of nitrogens with zero attached hydrogens (tertiary/aromatic N) is 9. The quantitative estimate of drug-likeness (QED) is 0.0513. The van der Waals surface area contributed by atoms with E-state index in [1.54, 1.807) is 47.7 Å².